The number of methoxy groups -OCH3 is 1. The predicted molar refractivity (Wildman–Crippen MR) is 101 cm³/mol. The normalized spacial score (nSPS) is 10.4. The Kier molecular flexibility index (Phi) is 4.94. The molecule has 0 aliphatic heterocycles. The molecule has 3 aromatic rings. The predicted octanol–water partition coefficient (Wildman–Crippen LogP) is 3.88. The van der Waals surface area contributed by atoms with Gasteiger partial charge in [0.1, 0.15) is 17.2 Å². The van der Waals surface area contributed by atoms with Gasteiger partial charge in [-0.3, -0.25) is 9.59 Å². The van der Waals surface area contributed by atoms with Gasteiger partial charge in [0.25, 0.3) is 0 Å². The maximum atomic E-state index is 12.9. The maximum Gasteiger partial charge on any atom is 0.200 e. The van der Waals surface area contributed by atoms with Gasteiger partial charge in [0.2, 0.25) is 0 Å². The topological polar surface area (TPSA) is 83.8 Å². The number of phenols is 2. The fourth-order valence-corrected chi connectivity index (χ4v) is 2.82. The van der Waals surface area contributed by atoms with Gasteiger partial charge in [0.05, 0.1) is 23.8 Å². The molecule has 0 radical (unpaired) electrons. The summed E-state index contributed by atoms with van der Waals surface area (Å²) in [6.45, 7) is 1.81. The van der Waals surface area contributed by atoms with Crippen molar-refractivity contribution in [1.29, 1.82) is 0 Å². The van der Waals surface area contributed by atoms with E-state index in [4.69, 9.17) is 4.74 Å². The van der Waals surface area contributed by atoms with Crippen LogP contribution in [0.4, 0.5) is 0 Å². The fourth-order valence-electron chi connectivity index (χ4n) is 2.82. The molecule has 5 nitrogen and oxygen atoms in total. The van der Waals surface area contributed by atoms with E-state index in [0.717, 1.165) is 5.56 Å². The van der Waals surface area contributed by atoms with Crippen LogP contribution in [0.15, 0.2) is 60.7 Å². The van der Waals surface area contributed by atoms with Crippen molar-refractivity contribution in [2.24, 2.45) is 0 Å². The Labute approximate surface area is 156 Å². The third-order valence-corrected chi connectivity index (χ3v) is 4.25. The van der Waals surface area contributed by atoms with Crippen molar-refractivity contribution in [3.05, 3.63) is 88.5 Å². The van der Waals surface area contributed by atoms with Crippen LogP contribution in [0.25, 0.3) is 0 Å². The minimum atomic E-state index is -0.465. The van der Waals surface area contributed by atoms with Crippen LogP contribution in [0.1, 0.15) is 37.4 Å². The van der Waals surface area contributed by atoms with Gasteiger partial charge >= 0.3 is 0 Å². The second kappa shape index (κ2) is 7.33. The molecule has 0 heterocycles. The Hall–Kier alpha value is -3.60. The number of ether oxygens (including phenoxy) is 1. The standard InChI is InChI=1S/C22H18O5/c1-13-7-9-18(23)16(11-13)21(25)14-8-10-19(24)17(12-14)22(26)15-5-3-4-6-20(15)27-2/h3-12,23-24H,1-2H3. The first-order chi connectivity index (χ1) is 12.9. The lowest BCUT2D eigenvalue weighted by atomic mass is 9.95. The van der Waals surface area contributed by atoms with Gasteiger partial charge < -0.3 is 14.9 Å². The Bertz CT molecular complexity index is 1040. The lowest BCUT2D eigenvalue weighted by molar-refractivity contribution is 0.103. The molecule has 0 saturated carbocycles. The lowest BCUT2D eigenvalue weighted by Crippen LogP contribution is -2.08. The molecule has 0 unspecified atom stereocenters. The Morgan fingerprint density at radius 1 is 0.778 bits per heavy atom. The minimum absolute atomic E-state index is 0.0162. The molecular formula is C22H18O5. The summed E-state index contributed by atoms with van der Waals surface area (Å²) in [6, 6.07) is 15.4. The first-order valence-electron chi connectivity index (χ1n) is 8.27. The molecule has 3 aromatic carbocycles. The highest BCUT2D eigenvalue weighted by atomic mass is 16.5. The summed E-state index contributed by atoms with van der Waals surface area (Å²) in [6.07, 6.45) is 0. The van der Waals surface area contributed by atoms with E-state index >= 15 is 0 Å². The highest BCUT2D eigenvalue weighted by Gasteiger charge is 2.21. The zero-order valence-electron chi connectivity index (χ0n) is 14.9. The van der Waals surface area contributed by atoms with Crippen molar-refractivity contribution < 1.29 is 24.5 Å². The molecule has 2 N–H and O–H groups in total. The second-order valence-electron chi connectivity index (χ2n) is 6.11. The molecule has 27 heavy (non-hydrogen) atoms. The van der Waals surface area contributed by atoms with E-state index in [1.807, 2.05) is 6.92 Å². The summed E-state index contributed by atoms with van der Waals surface area (Å²) in [7, 11) is 1.45. The average Bonchev–Trinajstić information content (AvgIpc) is 2.69. The number of phenolic OH excluding ortho intramolecular Hbond substituents is 2. The van der Waals surface area contributed by atoms with Crippen molar-refractivity contribution in [2.45, 2.75) is 6.92 Å². The van der Waals surface area contributed by atoms with Gasteiger partial charge in [-0.05, 0) is 49.4 Å². The van der Waals surface area contributed by atoms with Crippen LogP contribution in [0, 0.1) is 6.92 Å². The van der Waals surface area contributed by atoms with Crippen molar-refractivity contribution >= 4 is 11.6 Å². The van der Waals surface area contributed by atoms with Crippen LogP contribution in [0.2, 0.25) is 0 Å². The number of carbonyl (C=O) groups is 2. The van der Waals surface area contributed by atoms with Crippen LogP contribution < -0.4 is 4.74 Å². The third-order valence-electron chi connectivity index (χ3n) is 4.25. The Morgan fingerprint density at radius 2 is 1.41 bits per heavy atom. The third kappa shape index (κ3) is 3.53. The van der Waals surface area contributed by atoms with Crippen molar-refractivity contribution in [2.75, 3.05) is 7.11 Å². The zero-order chi connectivity index (χ0) is 19.6. The van der Waals surface area contributed by atoms with Crippen LogP contribution in [-0.2, 0) is 0 Å². The molecule has 3 rings (SSSR count). The van der Waals surface area contributed by atoms with E-state index < -0.39 is 11.6 Å². The van der Waals surface area contributed by atoms with Crippen molar-refractivity contribution in [3.63, 3.8) is 0 Å². The van der Waals surface area contributed by atoms with E-state index in [9.17, 15) is 19.8 Å². The number of hydrogen-bond donors (Lipinski definition) is 2. The number of aryl methyl sites for hydroxylation is 1. The van der Waals surface area contributed by atoms with Gasteiger partial charge in [-0.2, -0.15) is 0 Å². The molecule has 136 valence electrons. The maximum absolute atomic E-state index is 12.9. The molecule has 0 aliphatic carbocycles. The first kappa shape index (κ1) is 18.2. The van der Waals surface area contributed by atoms with E-state index in [1.165, 1.54) is 31.4 Å². The molecule has 5 heteroatoms. The number of carbonyl (C=O) groups excluding carboxylic acids is 2. The first-order valence-corrected chi connectivity index (χ1v) is 8.27. The number of benzene rings is 3. The summed E-state index contributed by atoms with van der Waals surface area (Å²) in [5.41, 5.74) is 1.40. The molecule has 0 saturated heterocycles. The van der Waals surface area contributed by atoms with Gasteiger partial charge in [0.15, 0.2) is 11.6 Å². The van der Waals surface area contributed by atoms with Gasteiger partial charge in [-0.25, -0.2) is 0 Å². The monoisotopic (exact) mass is 362 g/mol. The fraction of sp³-hybridized carbons (Fsp3) is 0.0909. The lowest BCUT2D eigenvalue weighted by Gasteiger charge is -2.10. The van der Waals surface area contributed by atoms with Crippen molar-refractivity contribution in [3.8, 4) is 17.2 Å². The summed E-state index contributed by atoms with van der Waals surface area (Å²) < 4.78 is 5.20. The quantitative estimate of drug-likeness (QED) is 0.673. The molecular weight excluding hydrogens is 344 g/mol. The van der Waals surface area contributed by atoms with E-state index in [-0.39, 0.29) is 33.8 Å². The van der Waals surface area contributed by atoms with Gasteiger partial charge in [-0.1, -0.05) is 23.8 Å². The summed E-state index contributed by atoms with van der Waals surface area (Å²) in [5, 5.41) is 20.2. The molecule has 0 atom stereocenters. The average molecular weight is 362 g/mol. The van der Waals surface area contributed by atoms with Gasteiger partial charge in [-0.15, -0.1) is 0 Å². The molecule has 0 aliphatic rings. The summed E-state index contributed by atoms with van der Waals surface area (Å²) in [4.78, 5) is 25.7. The smallest absolute Gasteiger partial charge is 0.200 e. The number of rotatable bonds is 5. The SMILES string of the molecule is COc1ccccc1C(=O)c1cc(C(=O)c2cc(C)ccc2O)ccc1O. The van der Waals surface area contributed by atoms with Crippen LogP contribution in [0.5, 0.6) is 17.2 Å². The highest BCUT2D eigenvalue weighted by Crippen LogP contribution is 2.28. The molecule has 0 aromatic heterocycles. The largest absolute Gasteiger partial charge is 0.507 e. The molecule has 0 bridgehead atoms. The number of para-hydroxylation sites is 1. The highest BCUT2D eigenvalue weighted by molar-refractivity contribution is 6.15. The van der Waals surface area contributed by atoms with Crippen LogP contribution in [0.3, 0.4) is 0 Å². The minimum Gasteiger partial charge on any atom is -0.507 e. The van der Waals surface area contributed by atoms with E-state index in [1.54, 1.807) is 36.4 Å². The van der Waals surface area contributed by atoms with Crippen LogP contribution >= 0.6 is 0 Å². The Balaban J connectivity index is 2.06. The van der Waals surface area contributed by atoms with Crippen LogP contribution in [-0.4, -0.2) is 28.9 Å². The van der Waals surface area contributed by atoms with E-state index in [2.05, 4.69) is 0 Å². The number of hydrogen-bond acceptors (Lipinski definition) is 5. The van der Waals surface area contributed by atoms with E-state index in [0.29, 0.717) is 5.75 Å². The number of ketones is 2. The zero-order valence-corrected chi connectivity index (χ0v) is 14.9. The molecule has 0 amide bonds. The molecule has 0 spiro atoms. The number of aromatic hydroxyl groups is 2. The van der Waals surface area contributed by atoms with Crippen molar-refractivity contribution in [1.82, 2.24) is 0 Å². The second-order valence-corrected chi connectivity index (χ2v) is 6.11. The summed E-state index contributed by atoms with van der Waals surface area (Å²) >= 11 is 0. The Morgan fingerprint density at radius 3 is 2.11 bits per heavy atom. The molecule has 0 fully saturated rings. The van der Waals surface area contributed by atoms with Gasteiger partial charge in [0, 0.05) is 5.56 Å². The summed E-state index contributed by atoms with van der Waals surface area (Å²) in [5.74, 6) is -0.916.